The molecule has 19 heavy (non-hydrogen) atoms. The van der Waals surface area contributed by atoms with E-state index in [-0.39, 0.29) is 21.5 Å². The van der Waals surface area contributed by atoms with Crippen LogP contribution < -0.4 is 11.1 Å². The van der Waals surface area contributed by atoms with Crippen molar-refractivity contribution >= 4 is 33.3 Å². The van der Waals surface area contributed by atoms with Gasteiger partial charge in [0.05, 0.1) is 16.2 Å². The maximum Gasteiger partial charge on any atom is 0.259 e. The van der Waals surface area contributed by atoms with Crippen LogP contribution in [0.5, 0.6) is 0 Å². The largest absolute Gasteiger partial charge is 0.383 e. The van der Waals surface area contributed by atoms with Gasteiger partial charge in [-0.15, -0.1) is 0 Å². The van der Waals surface area contributed by atoms with Gasteiger partial charge in [-0.2, -0.15) is 0 Å². The van der Waals surface area contributed by atoms with E-state index in [0.29, 0.717) is 0 Å². The van der Waals surface area contributed by atoms with Gasteiger partial charge in [0.1, 0.15) is 17.5 Å². The van der Waals surface area contributed by atoms with Gasteiger partial charge in [0.2, 0.25) is 0 Å². The van der Waals surface area contributed by atoms with Gasteiger partial charge >= 0.3 is 0 Å². The lowest BCUT2D eigenvalue weighted by Crippen LogP contribution is -2.15. The van der Waals surface area contributed by atoms with Gasteiger partial charge in [-0.1, -0.05) is 0 Å². The minimum Gasteiger partial charge on any atom is -0.383 e. The fourth-order valence-electron chi connectivity index (χ4n) is 1.40. The number of nitrogen functional groups attached to an aromatic ring is 1. The average Bonchev–Trinajstić information content (AvgIpc) is 2.36. The van der Waals surface area contributed by atoms with E-state index in [2.05, 4.69) is 26.2 Å². The normalized spacial score (nSPS) is 10.3. The molecule has 7 heteroatoms. The maximum absolute atomic E-state index is 13.3. The molecule has 2 aromatic rings. The molecule has 1 amide bonds. The van der Waals surface area contributed by atoms with Gasteiger partial charge in [0, 0.05) is 5.69 Å². The number of aromatic nitrogens is 1. The summed E-state index contributed by atoms with van der Waals surface area (Å²) in [7, 11) is 0. The molecule has 2 rings (SSSR count). The van der Waals surface area contributed by atoms with E-state index in [9.17, 15) is 13.6 Å². The number of halogens is 3. The number of hydrogen-bond donors (Lipinski definition) is 2. The Kier molecular flexibility index (Phi) is 3.75. The molecular weight excluding hydrogens is 320 g/mol. The molecule has 4 nitrogen and oxygen atoms in total. The second-order valence-corrected chi connectivity index (χ2v) is 4.52. The van der Waals surface area contributed by atoms with Crippen LogP contribution in [0.4, 0.5) is 20.3 Å². The van der Waals surface area contributed by atoms with Gasteiger partial charge in [-0.25, -0.2) is 13.8 Å². The Labute approximate surface area is 115 Å². The van der Waals surface area contributed by atoms with Crippen LogP contribution in [0.2, 0.25) is 0 Å². The Hall–Kier alpha value is -2.02. The van der Waals surface area contributed by atoms with Crippen molar-refractivity contribution in [1.29, 1.82) is 0 Å². The molecule has 0 fully saturated rings. The molecular formula is C12H8BrF2N3O. The first-order valence-electron chi connectivity index (χ1n) is 5.15. The quantitative estimate of drug-likeness (QED) is 0.891. The number of nitrogens with zero attached hydrogens (tertiary/aromatic N) is 1. The minimum absolute atomic E-state index is 0.100. The molecule has 1 aromatic heterocycles. The van der Waals surface area contributed by atoms with E-state index in [0.717, 1.165) is 18.3 Å². The Morgan fingerprint density at radius 3 is 2.74 bits per heavy atom. The lowest BCUT2D eigenvalue weighted by molar-refractivity contribution is 0.102. The number of anilines is 2. The zero-order chi connectivity index (χ0) is 14.0. The molecule has 3 N–H and O–H groups in total. The van der Waals surface area contributed by atoms with Crippen molar-refractivity contribution in [3.63, 3.8) is 0 Å². The van der Waals surface area contributed by atoms with Crippen LogP contribution >= 0.6 is 15.9 Å². The number of carbonyl (C=O) groups is 1. The van der Waals surface area contributed by atoms with Crippen LogP contribution in [-0.2, 0) is 0 Å². The third kappa shape index (κ3) is 3.05. The number of hydrogen-bond acceptors (Lipinski definition) is 3. The summed E-state index contributed by atoms with van der Waals surface area (Å²) < 4.78 is 26.6. The molecule has 1 heterocycles. The predicted molar refractivity (Wildman–Crippen MR) is 70.7 cm³/mol. The first-order valence-corrected chi connectivity index (χ1v) is 5.94. The van der Waals surface area contributed by atoms with Gasteiger partial charge in [0.15, 0.2) is 0 Å². The summed E-state index contributed by atoms with van der Waals surface area (Å²) in [5, 5.41) is 2.41. The van der Waals surface area contributed by atoms with Crippen molar-refractivity contribution < 1.29 is 13.6 Å². The zero-order valence-electron chi connectivity index (χ0n) is 9.45. The van der Waals surface area contributed by atoms with Crippen molar-refractivity contribution in [1.82, 2.24) is 4.98 Å². The number of carbonyl (C=O) groups excluding carboxylic acids is 1. The molecule has 0 spiro atoms. The molecule has 0 radical (unpaired) electrons. The summed E-state index contributed by atoms with van der Waals surface area (Å²) >= 11 is 2.99. The van der Waals surface area contributed by atoms with E-state index in [1.54, 1.807) is 0 Å². The molecule has 1 aromatic carbocycles. The Bertz CT molecular complexity index is 649. The van der Waals surface area contributed by atoms with Crippen LogP contribution in [0, 0.1) is 11.6 Å². The number of nitrogens with one attached hydrogen (secondary N) is 1. The predicted octanol–water partition coefficient (Wildman–Crippen LogP) is 2.96. The summed E-state index contributed by atoms with van der Waals surface area (Å²) in [5.41, 5.74) is 5.60. The molecule has 0 saturated carbocycles. The average molecular weight is 328 g/mol. The SMILES string of the molecule is Nc1ncc(F)cc1C(=O)Nc1ccc(Br)c(F)c1. The lowest BCUT2D eigenvalue weighted by atomic mass is 10.2. The topological polar surface area (TPSA) is 68.0 Å². The smallest absolute Gasteiger partial charge is 0.259 e. The lowest BCUT2D eigenvalue weighted by Gasteiger charge is -2.07. The standard InChI is InChI=1S/C12H8BrF2N3O/c13-9-2-1-7(4-10(9)15)18-12(19)8-3-6(14)5-17-11(8)16/h1-5H,(H2,16,17)(H,18,19). The molecule has 0 aliphatic carbocycles. The monoisotopic (exact) mass is 327 g/mol. The zero-order valence-corrected chi connectivity index (χ0v) is 11.0. The van der Waals surface area contributed by atoms with Crippen LogP contribution in [0.1, 0.15) is 10.4 Å². The summed E-state index contributed by atoms with van der Waals surface area (Å²) in [6.07, 6.45) is 0.908. The fraction of sp³-hybridized carbons (Fsp3) is 0. The van der Waals surface area contributed by atoms with E-state index >= 15 is 0 Å². The number of nitrogens with two attached hydrogens (primary N) is 1. The molecule has 0 aliphatic heterocycles. The van der Waals surface area contributed by atoms with Crippen LogP contribution in [0.15, 0.2) is 34.9 Å². The van der Waals surface area contributed by atoms with Gasteiger partial charge in [-0.3, -0.25) is 4.79 Å². The van der Waals surface area contributed by atoms with Crippen LogP contribution in [0.3, 0.4) is 0 Å². The highest BCUT2D eigenvalue weighted by Gasteiger charge is 2.13. The summed E-state index contributed by atoms with van der Waals surface area (Å²) in [4.78, 5) is 15.4. The number of pyridine rings is 1. The first-order chi connectivity index (χ1) is 8.97. The molecule has 98 valence electrons. The Balaban J connectivity index is 2.25. The second kappa shape index (κ2) is 5.31. The number of benzene rings is 1. The molecule has 0 bridgehead atoms. The Morgan fingerprint density at radius 2 is 2.05 bits per heavy atom. The highest BCUT2D eigenvalue weighted by Crippen LogP contribution is 2.20. The van der Waals surface area contributed by atoms with Crippen molar-refractivity contribution in [2.24, 2.45) is 0 Å². The summed E-state index contributed by atoms with van der Waals surface area (Å²) in [6, 6.07) is 5.03. The Morgan fingerprint density at radius 1 is 1.32 bits per heavy atom. The second-order valence-electron chi connectivity index (χ2n) is 3.67. The molecule has 0 aliphatic rings. The van der Waals surface area contributed by atoms with Crippen molar-refractivity contribution in [3.05, 3.63) is 52.1 Å². The van der Waals surface area contributed by atoms with Crippen molar-refractivity contribution in [3.8, 4) is 0 Å². The van der Waals surface area contributed by atoms with Crippen molar-refractivity contribution in [2.45, 2.75) is 0 Å². The van der Waals surface area contributed by atoms with Crippen LogP contribution in [0.25, 0.3) is 0 Å². The van der Waals surface area contributed by atoms with E-state index in [4.69, 9.17) is 5.73 Å². The highest BCUT2D eigenvalue weighted by atomic mass is 79.9. The van der Waals surface area contributed by atoms with Gasteiger partial charge < -0.3 is 11.1 Å². The third-order valence-electron chi connectivity index (χ3n) is 2.31. The van der Waals surface area contributed by atoms with Gasteiger partial charge in [0.25, 0.3) is 5.91 Å². The van der Waals surface area contributed by atoms with Crippen LogP contribution in [-0.4, -0.2) is 10.9 Å². The van der Waals surface area contributed by atoms with Crippen molar-refractivity contribution in [2.75, 3.05) is 11.1 Å². The highest BCUT2D eigenvalue weighted by molar-refractivity contribution is 9.10. The summed E-state index contributed by atoms with van der Waals surface area (Å²) in [5.74, 6) is -1.97. The maximum atomic E-state index is 13.3. The minimum atomic E-state index is -0.679. The molecule has 0 unspecified atom stereocenters. The molecule has 0 saturated heterocycles. The van der Waals surface area contributed by atoms with E-state index in [1.165, 1.54) is 12.1 Å². The summed E-state index contributed by atoms with van der Waals surface area (Å²) in [6.45, 7) is 0. The number of amides is 1. The molecule has 0 atom stereocenters. The first kappa shape index (κ1) is 13.4. The van der Waals surface area contributed by atoms with Gasteiger partial charge in [-0.05, 0) is 40.2 Å². The van der Waals surface area contributed by atoms with E-state index in [1.807, 2.05) is 0 Å². The van der Waals surface area contributed by atoms with E-state index < -0.39 is 17.5 Å². The third-order valence-corrected chi connectivity index (χ3v) is 2.95. The fourth-order valence-corrected chi connectivity index (χ4v) is 1.65. The number of rotatable bonds is 2.